The van der Waals surface area contributed by atoms with Crippen LogP contribution in [0.2, 0.25) is 0 Å². The van der Waals surface area contributed by atoms with E-state index in [-0.39, 0.29) is 78.6 Å². The van der Waals surface area contributed by atoms with Crippen molar-refractivity contribution in [2.75, 3.05) is 40.6 Å². The van der Waals surface area contributed by atoms with E-state index in [4.69, 9.17) is 23.0 Å². The van der Waals surface area contributed by atoms with Gasteiger partial charge in [0.05, 0.1) is 20.8 Å². The lowest BCUT2D eigenvalue weighted by atomic mass is 10.1. The molecule has 0 spiro atoms. The van der Waals surface area contributed by atoms with E-state index in [1.165, 1.54) is 31.6 Å². The highest BCUT2D eigenvalue weighted by Crippen LogP contribution is 2.32. The predicted molar refractivity (Wildman–Crippen MR) is 163 cm³/mol. The normalized spacial score (nSPS) is 19.5. The van der Waals surface area contributed by atoms with Crippen LogP contribution in [0.25, 0.3) is 0 Å². The number of nitrogens with zero attached hydrogens (tertiary/aromatic N) is 6. The lowest BCUT2D eigenvalue weighted by Crippen LogP contribution is -2.29. The highest BCUT2D eigenvalue weighted by molar-refractivity contribution is 5.99. The number of aliphatic imine (C=N–C) groups is 2. The molecule has 0 radical (unpaired) electrons. The minimum absolute atomic E-state index is 0.000287. The van der Waals surface area contributed by atoms with Crippen LogP contribution in [0.15, 0.2) is 67.7 Å². The fourth-order valence-electron chi connectivity index (χ4n) is 5.37. The number of methoxy groups -OCH3 is 2. The number of pyridine rings is 1. The number of aromatic nitrogens is 3. The summed E-state index contributed by atoms with van der Waals surface area (Å²) in [6.45, 7) is 0.571. The molecule has 4 aromatic rings. The summed E-state index contributed by atoms with van der Waals surface area (Å²) in [4.78, 5) is 59.9. The Kier molecular flexibility index (Phi) is 8.48. The second-order valence-electron chi connectivity index (χ2n) is 10.9. The number of aliphatic hydroxyl groups excluding tert-OH is 1. The predicted octanol–water partition coefficient (Wildman–Crippen LogP) is 2.58. The van der Waals surface area contributed by atoms with Crippen LogP contribution in [0.1, 0.15) is 84.8 Å². The van der Waals surface area contributed by atoms with Crippen LogP contribution in [0, 0.1) is 0 Å². The summed E-state index contributed by atoms with van der Waals surface area (Å²) >= 11 is 0. The van der Waals surface area contributed by atoms with Gasteiger partial charge in [-0.1, -0.05) is 18.2 Å². The Morgan fingerprint density at radius 3 is 2.00 bits per heavy atom. The number of hydrogen-bond acceptors (Lipinski definition) is 16. The molecule has 1 N–H and O–H groups in total. The fraction of sp³-hybridized carbons (Fsp3) is 0.312. The van der Waals surface area contributed by atoms with E-state index in [0.29, 0.717) is 23.3 Å². The number of esters is 2. The molecule has 3 unspecified atom stereocenters. The minimum Gasteiger partial charge on any atom is -0.493 e. The second-order valence-corrected chi connectivity index (χ2v) is 10.9. The summed E-state index contributed by atoms with van der Waals surface area (Å²) in [7, 11) is 2.48. The molecular formula is C32H28N6O11. The van der Waals surface area contributed by atoms with Crippen molar-refractivity contribution in [3.8, 4) is 5.75 Å². The van der Waals surface area contributed by atoms with Crippen molar-refractivity contribution in [2.45, 2.75) is 24.7 Å². The average Bonchev–Trinajstić information content (AvgIpc) is 3.97. The first-order valence-electron chi connectivity index (χ1n) is 15.0. The van der Waals surface area contributed by atoms with E-state index in [1.54, 1.807) is 36.4 Å². The van der Waals surface area contributed by atoms with Crippen molar-refractivity contribution < 1.29 is 52.0 Å². The number of benzene rings is 1. The number of amides is 1. The molecule has 3 aliphatic heterocycles. The SMILES string of the molecule is COC(=O)c1coc(C2COC(c3cc(OCCCN4C(=O)c5ccccc5C4O)cc(C4=NC(c5nc(C(=O)OC)co5)CO4)n3)=N2)n1. The molecule has 17 heteroatoms. The summed E-state index contributed by atoms with van der Waals surface area (Å²) < 4.78 is 38.0. The molecule has 49 heavy (non-hydrogen) atoms. The van der Waals surface area contributed by atoms with Gasteiger partial charge < -0.3 is 42.5 Å². The van der Waals surface area contributed by atoms with Crippen LogP contribution in [0.4, 0.5) is 0 Å². The second kappa shape index (κ2) is 13.2. The van der Waals surface area contributed by atoms with Crippen LogP contribution in [-0.2, 0) is 18.9 Å². The van der Waals surface area contributed by atoms with Crippen molar-refractivity contribution in [3.05, 3.63) is 94.6 Å². The Labute approximate surface area is 277 Å². The maximum atomic E-state index is 12.8. The monoisotopic (exact) mass is 672 g/mol. The molecule has 0 saturated carbocycles. The van der Waals surface area contributed by atoms with E-state index < -0.39 is 30.3 Å². The molecule has 3 aromatic heterocycles. The van der Waals surface area contributed by atoms with Gasteiger partial charge in [0, 0.05) is 29.8 Å². The Hall–Kier alpha value is -6.10. The Morgan fingerprint density at radius 2 is 1.45 bits per heavy atom. The molecule has 3 atom stereocenters. The lowest BCUT2D eigenvalue weighted by Gasteiger charge is -2.20. The van der Waals surface area contributed by atoms with Crippen molar-refractivity contribution in [1.82, 2.24) is 19.9 Å². The third-order valence-electron chi connectivity index (χ3n) is 7.78. The van der Waals surface area contributed by atoms with E-state index in [9.17, 15) is 19.5 Å². The largest absolute Gasteiger partial charge is 0.493 e. The van der Waals surface area contributed by atoms with Crippen molar-refractivity contribution >= 4 is 29.6 Å². The molecule has 0 saturated heterocycles. The highest BCUT2D eigenvalue weighted by Gasteiger charge is 2.35. The zero-order valence-electron chi connectivity index (χ0n) is 26.1. The number of oxazole rings is 2. The average molecular weight is 673 g/mol. The van der Waals surface area contributed by atoms with Gasteiger partial charge in [-0.05, 0) is 12.5 Å². The van der Waals surface area contributed by atoms with Gasteiger partial charge in [-0.2, -0.15) is 0 Å². The molecule has 7 rings (SSSR count). The number of aliphatic hydroxyl groups is 1. The molecule has 17 nitrogen and oxygen atoms in total. The van der Waals surface area contributed by atoms with Crippen molar-refractivity contribution in [1.29, 1.82) is 0 Å². The lowest BCUT2D eigenvalue weighted by molar-refractivity contribution is 0.0158. The Morgan fingerprint density at radius 1 is 0.878 bits per heavy atom. The van der Waals surface area contributed by atoms with Crippen LogP contribution in [-0.4, -0.2) is 95.2 Å². The number of carbonyl (C=O) groups is 3. The first kappa shape index (κ1) is 31.5. The zero-order chi connectivity index (χ0) is 34.1. The smallest absolute Gasteiger partial charge is 0.360 e. The van der Waals surface area contributed by atoms with E-state index in [2.05, 4.69) is 34.4 Å². The fourth-order valence-corrected chi connectivity index (χ4v) is 5.37. The summed E-state index contributed by atoms with van der Waals surface area (Å²) in [6, 6.07) is 8.87. The first-order chi connectivity index (χ1) is 23.8. The third-order valence-corrected chi connectivity index (χ3v) is 7.78. The summed E-state index contributed by atoms with van der Waals surface area (Å²) in [5.74, 6) is -0.543. The molecule has 3 aliphatic rings. The maximum absolute atomic E-state index is 12.8. The molecule has 0 aliphatic carbocycles. The van der Waals surface area contributed by atoms with Crippen LogP contribution in [0.3, 0.4) is 0 Å². The summed E-state index contributed by atoms with van der Waals surface area (Å²) in [5.41, 5.74) is 1.62. The zero-order valence-corrected chi connectivity index (χ0v) is 26.1. The van der Waals surface area contributed by atoms with Crippen LogP contribution in [0.5, 0.6) is 5.75 Å². The van der Waals surface area contributed by atoms with Gasteiger partial charge in [0.1, 0.15) is 42.9 Å². The van der Waals surface area contributed by atoms with Gasteiger partial charge in [0.25, 0.3) is 5.91 Å². The Bertz CT molecular complexity index is 1890. The molecule has 252 valence electrons. The number of ether oxygens (including phenoxy) is 5. The molecule has 1 aromatic carbocycles. The summed E-state index contributed by atoms with van der Waals surface area (Å²) in [5, 5.41) is 10.7. The van der Waals surface area contributed by atoms with Crippen molar-refractivity contribution in [2.24, 2.45) is 9.98 Å². The van der Waals surface area contributed by atoms with Gasteiger partial charge in [0.2, 0.25) is 23.6 Å². The standard InChI is InChI=1S/C32H28N6O11/c1-43-31(41)23-14-48-27(36-23)21-12-46-25(34-21)19-10-16(45-9-5-8-38-29(39)17-6-3-4-7-18(17)30(38)40)11-20(33-19)26-35-22(13-47-26)28-37-24(15-49-28)32(42)44-2/h3-4,6-7,10-11,14-15,21-22,29,39H,5,8-9,12-13H2,1-2H3. The topological polar surface area (TPSA) is 210 Å². The van der Waals surface area contributed by atoms with Gasteiger partial charge >= 0.3 is 11.9 Å². The molecule has 0 fully saturated rings. The quantitative estimate of drug-likeness (QED) is 0.179. The third kappa shape index (κ3) is 6.18. The van der Waals surface area contributed by atoms with Crippen LogP contribution < -0.4 is 4.74 Å². The highest BCUT2D eigenvalue weighted by atomic mass is 16.5. The maximum Gasteiger partial charge on any atom is 0.360 e. The number of hydrogen-bond donors (Lipinski definition) is 1. The summed E-state index contributed by atoms with van der Waals surface area (Å²) in [6.07, 6.45) is 1.74. The van der Waals surface area contributed by atoms with Crippen LogP contribution >= 0.6 is 0 Å². The van der Waals surface area contributed by atoms with Crippen molar-refractivity contribution in [3.63, 3.8) is 0 Å². The van der Waals surface area contributed by atoms with E-state index >= 15 is 0 Å². The minimum atomic E-state index is -1.03. The van der Waals surface area contributed by atoms with Gasteiger partial charge in [-0.3, -0.25) is 4.79 Å². The number of carbonyl (C=O) groups excluding carboxylic acids is 3. The van der Waals surface area contributed by atoms with Gasteiger partial charge in [-0.25, -0.2) is 34.5 Å². The molecular weight excluding hydrogens is 644 g/mol. The van der Waals surface area contributed by atoms with Gasteiger partial charge in [0.15, 0.2) is 29.7 Å². The molecule has 1 amide bonds. The Balaban J connectivity index is 1.11. The number of fused-ring (bicyclic) bond motifs is 1. The van der Waals surface area contributed by atoms with Gasteiger partial charge in [-0.15, -0.1) is 0 Å². The molecule has 0 bridgehead atoms. The molecule has 6 heterocycles. The van der Waals surface area contributed by atoms with E-state index in [1.807, 2.05) is 0 Å². The van der Waals surface area contributed by atoms with E-state index in [0.717, 1.165) is 0 Å². The number of rotatable bonds is 11. The first-order valence-corrected chi connectivity index (χ1v) is 15.0.